The maximum absolute atomic E-state index is 12.7. The van der Waals surface area contributed by atoms with Crippen molar-refractivity contribution in [2.75, 3.05) is 144 Å². The molecule has 688 valence electrons. The van der Waals surface area contributed by atoms with Gasteiger partial charge in [-0.15, -0.1) is 0 Å². The van der Waals surface area contributed by atoms with Crippen LogP contribution in [0.4, 0.5) is 0 Å². The van der Waals surface area contributed by atoms with Gasteiger partial charge in [0, 0.05) is 223 Å². The molecule has 125 heavy (non-hydrogen) atoms. The molecule has 6 aromatic rings. The van der Waals surface area contributed by atoms with E-state index in [1.165, 1.54) is 32.1 Å². The van der Waals surface area contributed by atoms with Crippen molar-refractivity contribution >= 4 is 116 Å². The Bertz CT molecular complexity index is 4100. The molecule has 5 aliphatic rings. The number of piperazine rings is 3. The first kappa shape index (κ1) is 107. The Balaban J connectivity index is 0.000000233. The molecule has 25 heteroatoms. The average Bonchev–Trinajstić information content (AvgIpc) is 0.994. The molecule has 1 unspecified atom stereocenters. The van der Waals surface area contributed by atoms with Gasteiger partial charge in [0.1, 0.15) is 34.7 Å². The second-order valence-corrected chi connectivity index (χ2v) is 38.0. The summed E-state index contributed by atoms with van der Waals surface area (Å²) < 4.78 is 5.35. The van der Waals surface area contributed by atoms with E-state index in [1.807, 2.05) is 226 Å². The summed E-state index contributed by atoms with van der Waals surface area (Å²) in [4.78, 5) is 110. The van der Waals surface area contributed by atoms with Crippen molar-refractivity contribution in [3.63, 3.8) is 0 Å². The Morgan fingerprint density at radius 2 is 0.584 bits per heavy atom. The van der Waals surface area contributed by atoms with Gasteiger partial charge in [0.2, 0.25) is 11.8 Å². The number of nitrogens with two attached hydrogens (primary N) is 1. The van der Waals surface area contributed by atoms with Crippen molar-refractivity contribution in [1.29, 1.82) is 0 Å². The van der Waals surface area contributed by atoms with E-state index in [-0.39, 0.29) is 118 Å². The van der Waals surface area contributed by atoms with Crippen LogP contribution in [-0.2, 0) is 43.1 Å². The lowest BCUT2D eigenvalue weighted by Crippen LogP contribution is -2.49. The molecule has 4 saturated heterocycles. The van der Waals surface area contributed by atoms with Gasteiger partial charge in [-0.3, -0.25) is 58.0 Å². The molecule has 0 bridgehead atoms. The zero-order chi connectivity index (χ0) is 92.0. The highest BCUT2D eigenvalue weighted by molar-refractivity contribution is 6.32. The van der Waals surface area contributed by atoms with Crippen molar-refractivity contribution in [3.05, 3.63) is 209 Å². The van der Waals surface area contributed by atoms with Gasteiger partial charge in [-0.25, -0.2) is 0 Å². The summed E-state index contributed by atoms with van der Waals surface area (Å²) >= 11 is 35.6. The van der Waals surface area contributed by atoms with Gasteiger partial charge in [-0.05, 0) is 125 Å². The maximum atomic E-state index is 12.7. The van der Waals surface area contributed by atoms with Crippen LogP contribution in [0.1, 0.15) is 204 Å². The molecule has 1 saturated carbocycles. The fourth-order valence-electron chi connectivity index (χ4n) is 16.0. The van der Waals surface area contributed by atoms with Crippen LogP contribution in [0.5, 0.6) is 0 Å². The Morgan fingerprint density at radius 3 is 0.832 bits per heavy atom. The highest BCUT2D eigenvalue weighted by Gasteiger charge is 2.34. The molecule has 19 nitrogen and oxygen atoms in total. The first-order valence-electron chi connectivity index (χ1n) is 45.0. The molecular weight excluding hydrogens is 1700 g/mol. The quantitative estimate of drug-likeness (QED) is 0.0300. The number of halogens is 6. The molecule has 1 aliphatic carbocycles. The molecule has 5 fully saturated rings. The number of nitrogens with one attached hydrogen (secondary N) is 2. The second-order valence-electron chi connectivity index (χ2n) is 35.4. The maximum Gasteiger partial charge on any atom is 0.219 e. The number of β-amino-alcohol motifs (C(OH)–C–C–N with tert-alkyl or cyclic N) is 1. The van der Waals surface area contributed by atoms with Crippen molar-refractivity contribution < 1.29 is 48.2 Å². The summed E-state index contributed by atoms with van der Waals surface area (Å²) in [5.41, 5.74) is 11.7. The topological polar surface area (TPSA) is 236 Å². The Hall–Kier alpha value is -6.34. The number of amides is 2. The highest BCUT2D eigenvalue weighted by atomic mass is 35.5. The van der Waals surface area contributed by atoms with Gasteiger partial charge in [0.15, 0.2) is 0 Å². The number of aliphatic hydroxyl groups is 1. The summed E-state index contributed by atoms with van der Waals surface area (Å²) in [6, 6.07) is 46.3. The SMILES string of the molecule is CC(=O)N1CCN(C[C@@H](C(=O)C(C)C)c2ccc(Cl)cc2)CC1.CC(=O)N1CCN(C[C@H](C(=O)C(C)C)c2ccc(Cl)cc2)CC1.CC(C)C(=O)[C@@H](CN1CCN(CCO)CC1)c1ccc(Cl)cc1.CC(C)C(=O)[C@H](CN)c1ccc(Cl)cc1.CC(C)C(=O)[C@H](CNC1CCCCC1)c1ccc(Cl)cc1.CC(C)C(=O)[C@H](CNC1CCOC1)c1ccc(Cl)cc1. The summed E-state index contributed by atoms with van der Waals surface area (Å²) in [7, 11) is 0. The molecular formula is C100H141Cl6N9O10. The van der Waals surface area contributed by atoms with Crippen LogP contribution < -0.4 is 16.4 Å². The van der Waals surface area contributed by atoms with Crippen molar-refractivity contribution in [2.45, 2.75) is 183 Å². The van der Waals surface area contributed by atoms with Crippen molar-refractivity contribution in [3.8, 4) is 0 Å². The smallest absolute Gasteiger partial charge is 0.219 e. The monoisotopic (exact) mass is 1840 g/mol. The van der Waals surface area contributed by atoms with E-state index in [0.29, 0.717) is 69.2 Å². The third kappa shape index (κ3) is 37.2. The van der Waals surface area contributed by atoms with Crippen LogP contribution >= 0.6 is 69.6 Å². The number of carbonyl (C=O) groups is 8. The number of carbonyl (C=O) groups excluding carboxylic acids is 8. The van der Waals surface area contributed by atoms with Crippen LogP contribution in [0.25, 0.3) is 0 Å². The second kappa shape index (κ2) is 56.3. The van der Waals surface area contributed by atoms with Crippen molar-refractivity contribution in [2.24, 2.45) is 41.2 Å². The van der Waals surface area contributed by atoms with Crippen LogP contribution in [0, 0.1) is 35.5 Å². The first-order valence-corrected chi connectivity index (χ1v) is 47.3. The summed E-state index contributed by atoms with van der Waals surface area (Å²) in [6.45, 7) is 42.9. The molecule has 4 heterocycles. The predicted octanol–water partition coefficient (Wildman–Crippen LogP) is 18.1. The zero-order valence-electron chi connectivity index (χ0n) is 76.4. The summed E-state index contributed by atoms with van der Waals surface area (Å²) in [6.07, 6.45) is 7.46. The van der Waals surface area contributed by atoms with E-state index in [1.54, 1.807) is 26.0 Å². The van der Waals surface area contributed by atoms with E-state index >= 15 is 0 Å². The first-order chi connectivity index (χ1) is 59.5. The standard InChI is InChI=1S/2C18H25ClN2O2.C18H27ClN2O2.C18H26ClNO.C16H22ClNO2.C12H16ClNO/c2*1-13(2)18(23)17(15-4-6-16(19)7-5-15)12-20-8-10-21(11-9-20)14(3)22;1-14(2)18(23)17(15-3-5-16(19)6-4-15)13-21-9-7-20(8-10-21)11-12-22;1-13(2)18(21)17(14-8-10-15(19)11-9-14)12-20-16-6-4-3-5-7-16;1-11(2)16(19)15(9-18-14-7-8-20-10-14)12-3-5-13(17)6-4-12;1-8(2)12(15)11(7-14)9-3-5-10(13)6-4-9/h2*4-7,13,17H,8-12H2,1-3H3;3-6,14,17,22H,7-13H2,1-2H3;8-11,13,16-17,20H,3-7,12H2,1-2H3;3-6,11,14-15,18H,7-10H2,1-2H3;3-6,8,11H,7,14H2,1-2H3/t4*17-;14?,15-;11-/m100111/s1. The number of ketones is 6. The number of Topliss-reactive ketones (excluding diaryl/α,β-unsaturated/α-hetero) is 6. The summed E-state index contributed by atoms with van der Waals surface area (Å²) in [5, 5.41) is 20.2. The Labute approximate surface area is 776 Å². The van der Waals surface area contributed by atoms with Crippen molar-refractivity contribution in [1.82, 2.24) is 40.0 Å². The molecule has 2 amide bonds. The van der Waals surface area contributed by atoms with Crippen LogP contribution in [0.2, 0.25) is 30.1 Å². The normalized spacial score (nSPS) is 17.6. The van der Waals surface area contributed by atoms with Gasteiger partial charge >= 0.3 is 0 Å². The van der Waals surface area contributed by atoms with Gasteiger partial charge in [0.25, 0.3) is 0 Å². The third-order valence-corrected chi connectivity index (χ3v) is 25.5. The molecule has 0 spiro atoms. The average molecular weight is 1840 g/mol. The lowest BCUT2D eigenvalue weighted by molar-refractivity contribution is -0.131. The predicted molar refractivity (Wildman–Crippen MR) is 513 cm³/mol. The number of ether oxygens (including phenoxy) is 1. The minimum absolute atomic E-state index is 0.00538. The fraction of sp³-hybridized carbons (Fsp3) is 0.560. The molecule has 11 rings (SSSR count). The van der Waals surface area contributed by atoms with E-state index in [9.17, 15) is 38.4 Å². The van der Waals surface area contributed by atoms with E-state index < -0.39 is 0 Å². The van der Waals surface area contributed by atoms with Crippen LogP contribution in [0.3, 0.4) is 0 Å². The van der Waals surface area contributed by atoms with Gasteiger partial charge < -0.3 is 36.0 Å². The van der Waals surface area contributed by atoms with Gasteiger partial charge in [-0.1, -0.05) is 245 Å². The number of hydrogen-bond donors (Lipinski definition) is 4. The fourth-order valence-corrected chi connectivity index (χ4v) is 16.8. The summed E-state index contributed by atoms with van der Waals surface area (Å²) in [5.74, 6) is 1.10. The van der Waals surface area contributed by atoms with E-state index in [4.69, 9.17) is 85.2 Å². The molecule has 0 radical (unpaired) electrons. The largest absolute Gasteiger partial charge is 0.395 e. The number of rotatable bonds is 33. The molecule has 6 aromatic carbocycles. The minimum atomic E-state index is -0.206. The molecule has 5 N–H and O–H groups in total. The van der Waals surface area contributed by atoms with Crippen LogP contribution in [0.15, 0.2) is 146 Å². The molecule has 4 aliphatic heterocycles. The highest BCUT2D eigenvalue weighted by Crippen LogP contribution is 2.31. The van der Waals surface area contributed by atoms with E-state index in [0.717, 1.165) is 156 Å². The minimum Gasteiger partial charge on any atom is -0.395 e. The Morgan fingerprint density at radius 1 is 0.344 bits per heavy atom. The third-order valence-electron chi connectivity index (χ3n) is 23.9. The van der Waals surface area contributed by atoms with Gasteiger partial charge in [0.05, 0.1) is 48.7 Å². The Kier molecular flexibility index (Phi) is 48.4. The lowest BCUT2D eigenvalue weighted by Gasteiger charge is -2.36. The number of aliphatic hydroxyl groups excluding tert-OH is 1. The number of nitrogens with zero attached hydrogens (tertiary/aromatic N) is 6. The number of hydrogen-bond acceptors (Lipinski definition) is 17. The van der Waals surface area contributed by atoms with Crippen LogP contribution in [-0.4, -0.2) is 237 Å². The lowest BCUT2D eigenvalue weighted by atomic mass is 9.88. The van der Waals surface area contributed by atoms with Gasteiger partial charge in [-0.2, -0.15) is 0 Å². The zero-order valence-corrected chi connectivity index (χ0v) is 80.9. The number of benzene rings is 6. The molecule has 7 atom stereocenters. The van der Waals surface area contributed by atoms with E-state index in [2.05, 4.69) is 30.2 Å². The molecule has 0 aromatic heterocycles.